The van der Waals surface area contributed by atoms with Crippen LogP contribution in [0.1, 0.15) is 40.0 Å². The van der Waals surface area contributed by atoms with Crippen molar-refractivity contribution in [1.82, 2.24) is 4.90 Å². The zero-order valence-corrected chi connectivity index (χ0v) is 11.4. The van der Waals surface area contributed by atoms with Gasteiger partial charge in [0.25, 0.3) is 0 Å². The summed E-state index contributed by atoms with van der Waals surface area (Å²) in [4.78, 5) is 13.6. The molecule has 0 aromatic heterocycles. The summed E-state index contributed by atoms with van der Waals surface area (Å²) < 4.78 is 11.0. The molecule has 2 aliphatic heterocycles. The van der Waals surface area contributed by atoms with Gasteiger partial charge in [-0.15, -0.1) is 0 Å². The lowest BCUT2D eigenvalue weighted by molar-refractivity contribution is -0.0491. The van der Waals surface area contributed by atoms with Gasteiger partial charge in [0.2, 0.25) is 0 Å². The van der Waals surface area contributed by atoms with E-state index in [1.807, 2.05) is 20.8 Å². The van der Waals surface area contributed by atoms with Gasteiger partial charge >= 0.3 is 6.09 Å². The third kappa shape index (κ3) is 3.14. The summed E-state index contributed by atoms with van der Waals surface area (Å²) in [7, 11) is 0. The van der Waals surface area contributed by atoms with Gasteiger partial charge in [0.1, 0.15) is 5.60 Å². The Morgan fingerprint density at radius 1 is 1.39 bits per heavy atom. The number of likely N-dealkylation sites (tertiary alicyclic amines) is 1. The van der Waals surface area contributed by atoms with Gasteiger partial charge in [0.15, 0.2) is 0 Å². The molecular formula is C13H23NO4. The van der Waals surface area contributed by atoms with Crippen molar-refractivity contribution in [3.63, 3.8) is 0 Å². The van der Waals surface area contributed by atoms with Crippen molar-refractivity contribution in [1.29, 1.82) is 0 Å². The molecule has 2 fully saturated rings. The van der Waals surface area contributed by atoms with E-state index in [-0.39, 0.29) is 17.8 Å². The van der Waals surface area contributed by atoms with Crippen molar-refractivity contribution >= 4 is 6.09 Å². The van der Waals surface area contributed by atoms with Crippen molar-refractivity contribution in [2.45, 2.75) is 57.3 Å². The van der Waals surface area contributed by atoms with E-state index >= 15 is 0 Å². The van der Waals surface area contributed by atoms with Crippen molar-refractivity contribution in [3.05, 3.63) is 0 Å². The van der Waals surface area contributed by atoms with Gasteiger partial charge in [-0.05, 0) is 33.6 Å². The minimum Gasteiger partial charge on any atom is -0.444 e. The summed E-state index contributed by atoms with van der Waals surface area (Å²) in [5.74, 6) is 0. The Labute approximate surface area is 108 Å². The van der Waals surface area contributed by atoms with Crippen molar-refractivity contribution in [2.75, 3.05) is 19.7 Å². The highest BCUT2D eigenvalue weighted by Gasteiger charge is 2.43. The summed E-state index contributed by atoms with van der Waals surface area (Å²) in [6.45, 7) is 7.31. The molecular weight excluding hydrogens is 234 g/mol. The van der Waals surface area contributed by atoms with E-state index in [0.29, 0.717) is 26.1 Å². The van der Waals surface area contributed by atoms with Crippen LogP contribution in [0.25, 0.3) is 0 Å². The molecule has 0 aromatic rings. The predicted molar refractivity (Wildman–Crippen MR) is 66.3 cm³/mol. The molecule has 0 bridgehead atoms. The summed E-state index contributed by atoms with van der Waals surface area (Å²) in [6, 6.07) is 0. The Hall–Kier alpha value is -0.810. The first-order valence-electron chi connectivity index (χ1n) is 6.60. The van der Waals surface area contributed by atoms with E-state index in [1.165, 1.54) is 0 Å². The lowest BCUT2D eigenvalue weighted by Gasteiger charge is -2.38. The molecule has 0 unspecified atom stereocenters. The molecule has 0 aromatic carbocycles. The van der Waals surface area contributed by atoms with E-state index < -0.39 is 5.60 Å². The van der Waals surface area contributed by atoms with E-state index in [2.05, 4.69) is 0 Å². The van der Waals surface area contributed by atoms with E-state index in [9.17, 15) is 9.90 Å². The largest absolute Gasteiger partial charge is 0.444 e. The molecule has 1 spiro atoms. The second-order valence-electron chi connectivity index (χ2n) is 6.32. The maximum absolute atomic E-state index is 11.9. The van der Waals surface area contributed by atoms with Crippen molar-refractivity contribution in [2.24, 2.45) is 0 Å². The SMILES string of the molecule is CC(C)(C)OC(=O)N1CCC2(CC1)C[C@H](O)CO2. The molecule has 2 saturated heterocycles. The highest BCUT2D eigenvalue weighted by molar-refractivity contribution is 5.68. The molecule has 2 heterocycles. The summed E-state index contributed by atoms with van der Waals surface area (Å²) in [5.41, 5.74) is -0.663. The quantitative estimate of drug-likeness (QED) is 0.715. The fourth-order valence-corrected chi connectivity index (χ4v) is 2.59. The van der Waals surface area contributed by atoms with Crippen LogP contribution in [0.2, 0.25) is 0 Å². The number of hydrogen-bond donors (Lipinski definition) is 1. The van der Waals surface area contributed by atoms with Gasteiger partial charge in [0.05, 0.1) is 18.3 Å². The van der Waals surface area contributed by atoms with Crippen molar-refractivity contribution in [3.8, 4) is 0 Å². The van der Waals surface area contributed by atoms with Crippen LogP contribution in [-0.4, -0.2) is 53.1 Å². The number of hydrogen-bond acceptors (Lipinski definition) is 4. The van der Waals surface area contributed by atoms with Crippen LogP contribution in [0, 0.1) is 0 Å². The van der Waals surface area contributed by atoms with Gasteiger partial charge < -0.3 is 19.5 Å². The number of carbonyl (C=O) groups is 1. The average Bonchev–Trinajstić information content (AvgIpc) is 2.58. The van der Waals surface area contributed by atoms with Gasteiger partial charge in [-0.25, -0.2) is 4.79 Å². The first kappa shape index (κ1) is 13.6. The topological polar surface area (TPSA) is 59.0 Å². The Morgan fingerprint density at radius 3 is 2.44 bits per heavy atom. The molecule has 1 N–H and O–H groups in total. The van der Waals surface area contributed by atoms with Crippen molar-refractivity contribution < 1.29 is 19.4 Å². The fourth-order valence-electron chi connectivity index (χ4n) is 2.59. The molecule has 1 amide bonds. The van der Waals surface area contributed by atoms with Gasteiger partial charge in [0, 0.05) is 19.5 Å². The van der Waals surface area contributed by atoms with Crippen LogP contribution < -0.4 is 0 Å². The first-order valence-corrected chi connectivity index (χ1v) is 6.60. The minimum atomic E-state index is -0.452. The number of piperidine rings is 1. The zero-order valence-electron chi connectivity index (χ0n) is 11.4. The standard InChI is InChI=1S/C13H23NO4/c1-12(2,3)18-11(16)14-6-4-13(5-7-14)8-10(15)9-17-13/h10,15H,4-9H2,1-3H3/t10-/m0/s1. The molecule has 5 heteroatoms. The second kappa shape index (κ2) is 4.70. The van der Waals surface area contributed by atoms with Crippen LogP contribution in [0.5, 0.6) is 0 Å². The number of amides is 1. The fraction of sp³-hybridized carbons (Fsp3) is 0.923. The van der Waals surface area contributed by atoms with E-state index in [0.717, 1.165) is 12.8 Å². The van der Waals surface area contributed by atoms with Gasteiger partial charge in [-0.3, -0.25) is 0 Å². The summed E-state index contributed by atoms with van der Waals surface area (Å²) in [5, 5.41) is 9.54. The van der Waals surface area contributed by atoms with Crippen LogP contribution >= 0.6 is 0 Å². The van der Waals surface area contributed by atoms with Crippen LogP contribution in [0.15, 0.2) is 0 Å². The number of rotatable bonds is 0. The number of nitrogens with zero attached hydrogens (tertiary/aromatic N) is 1. The summed E-state index contributed by atoms with van der Waals surface area (Å²) >= 11 is 0. The van der Waals surface area contributed by atoms with Gasteiger partial charge in [-0.1, -0.05) is 0 Å². The maximum atomic E-state index is 11.9. The molecule has 2 aliphatic rings. The monoisotopic (exact) mass is 257 g/mol. The molecule has 18 heavy (non-hydrogen) atoms. The number of carbonyl (C=O) groups excluding carboxylic acids is 1. The zero-order chi connectivity index (χ0) is 13.4. The van der Waals surface area contributed by atoms with Crippen LogP contribution in [0.4, 0.5) is 4.79 Å². The molecule has 2 rings (SSSR count). The molecule has 1 atom stereocenters. The number of aliphatic hydroxyl groups excluding tert-OH is 1. The highest BCUT2D eigenvalue weighted by Crippen LogP contribution is 2.36. The minimum absolute atomic E-state index is 0.210. The number of ether oxygens (including phenoxy) is 2. The predicted octanol–water partition coefficient (Wildman–Crippen LogP) is 1.54. The number of aliphatic hydroxyl groups is 1. The Balaban J connectivity index is 1.85. The molecule has 5 nitrogen and oxygen atoms in total. The molecule has 0 aliphatic carbocycles. The third-order valence-electron chi connectivity index (χ3n) is 3.52. The molecule has 104 valence electrons. The summed E-state index contributed by atoms with van der Waals surface area (Å²) in [6.07, 6.45) is 1.65. The first-order chi connectivity index (χ1) is 8.30. The Morgan fingerprint density at radius 2 is 2.00 bits per heavy atom. The third-order valence-corrected chi connectivity index (χ3v) is 3.52. The molecule has 0 radical (unpaired) electrons. The Bertz CT molecular complexity index is 315. The van der Waals surface area contributed by atoms with Gasteiger partial charge in [-0.2, -0.15) is 0 Å². The highest BCUT2D eigenvalue weighted by atomic mass is 16.6. The maximum Gasteiger partial charge on any atom is 0.410 e. The molecule has 0 saturated carbocycles. The van der Waals surface area contributed by atoms with E-state index in [4.69, 9.17) is 9.47 Å². The lowest BCUT2D eigenvalue weighted by Crippen LogP contribution is -2.48. The second-order valence-corrected chi connectivity index (χ2v) is 6.32. The average molecular weight is 257 g/mol. The smallest absolute Gasteiger partial charge is 0.410 e. The lowest BCUT2D eigenvalue weighted by atomic mass is 9.88. The van der Waals surface area contributed by atoms with E-state index in [1.54, 1.807) is 4.90 Å². The van der Waals surface area contributed by atoms with Crippen LogP contribution in [-0.2, 0) is 9.47 Å². The Kier molecular flexibility index (Phi) is 3.56. The van der Waals surface area contributed by atoms with Crippen LogP contribution in [0.3, 0.4) is 0 Å². The normalized spacial score (nSPS) is 27.6.